The van der Waals surface area contributed by atoms with Crippen LogP contribution in [0.15, 0.2) is 47.4 Å². The molecule has 1 saturated heterocycles. The molecule has 29 heavy (non-hydrogen) atoms. The van der Waals surface area contributed by atoms with Crippen molar-refractivity contribution >= 4 is 63.5 Å². The van der Waals surface area contributed by atoms with Crippen LogP contribution in [-0.4, -0.2) is 33.2 Å². The molecular weight excluding hydrogens is 438 g/mol. The highest BCUT2D eigenvalue weighted by atomic mass is 35.5. The van der Waals surface area contributed by atoms with Crippen LogP contribution < -0.4 is 10.2 Å². The summed E-state index contributed by atoms with van der Waals surface area (Å²) in [6.45, 7) is 0. The van der Waals surface area contributed by atoms with E-state index in [0.717, 1.165) is 16.8 Å². The number of carbonyl (C=O) groups excluding carboxylic acids is 2. The molecule has 1 heterocycles. The third-order valence-corrected chi connectivity index (χ3v) is 5.33. The van der Waals surface area contributed by atoms with E-state index in [2.05, 4.69) is 5.43 Å². The third-order valence-electron chi connectivity index (χ3n) is 3.79. The molecule has 0 spiro atoms. The topological polar surface area (TPSA) is 102 Å². The number of nitro groups is 1. The maximum absolute atomic E-state index is 12.6. The number of carbonyl (C=O) groups is 2. The van der Waals surface area contributed by atoms with Crippen LogP contribution in [0.3, 0.4) is 0 Å². The number of nitrogens with zero attached hydrogens (tertiary/aromatic N) is 2. The fourth-order valence-corrected chi connectivity index (χ4v) is 3.82. The lowest BCUT2D eigenvalue weighted by Crippen LogP contribution is -2.44. The van der Waals surface area contributed by atoms with Gasteiger partial charge in [-0.15, -0.1) is 0 Å². The van der Waals surface area contributed by atoms with E-state index in [9.17, 15) is 19.7 Å². The summed E-state index contributed by atoms with van der Waals surface area (Å²) in [4.78, 5) is 35.8. The standard InChI is InChI=1S/C18H12ClN3O5S2/c1-27-14-6-5-10(7-13(14)22(25)26)8-15-17(24)21(18(28)29-15)20-16(23)11-3-2-4-12(19)9-11/h2-9H,1H3,(H,20,23)/b15-8-. The van der Waals surface area contributed by atoms with Crippen molar-refractivity contribution in [2.45, 2.75) is 0 Å². The first kappa shape index (κ1) is 20.8. The minimum Gasteiger partial charge on any atom is -0.490 e. The minimum absolute atomic E-state index is 0.105. The number of ether oxygens (including phenoxy) is 1. The summed E-state index contributed by atoms with van der Waals surface area (Å²) in [6.07, 6.45) is 1.46. The van der Waals surface area contributed by atoms with E-state index in [1.54, 1.807) is 24.3 Å². The highest BCUT2D eigenvalue weighted by Gasteiger charge is 2.34. The summed E-state index contributed by atoms with van der Waals surface area (Å²) in [6, 6.07) is 10.5. The maximum atomic E-state index is 12.6. The molecular formula is C18H12ClN3O5S2. The maximum Gasteiger partial charge on any atom is 0.311 e. The fourth-order valence-electron chi connectivity index (χ4n) is 2.45. The Kier molecular flexibility index (Phi) is 6.16. The Balaban J connectivity index is 1.82. The second-order valence-electron chi connectivity index (χ2n) is 5.66. The van der Waals surface area contributed by atoms with E-state index in [1.807, 2.05) is 0 Å². The van der Waals surface area contributed by atoms with Gasteiger partial charge in [-0.05, 0) is 48.1 Å². The van der Waals surface area contributed by atoms with Crippen molar-refractivity contribution in [2.24, 2.45) is 0 Å². The smallest absolute Gasteiger partial charge is 0.311 e. The number of thioether (sulfide) groups is 1. The number of thiocarbonyl (C=S) groups is 1. The van der Waals surface area contributed by atoms with Crippen molar-refractivity contribution < 1.29 is 19.2 Å². The first-order valence-electron chi connectivity index (χ1n) is 7.97. The Hall–Kier alpha value is -2.95. The summed E-state index contributed by atoms with van der Waals surface area (Å²) in [7, 11) is 1.33. The molecule has 2 aromatic carbocycles. The first-order chi connectivity index (χ1) is 13.8. The Bertz CT molecular complexity index is 1070. The SMILES string of the molecule is COc1ccc(/C=C2\SC(=S)N(NC(=O)c3cccc(Cl)c3)C2=O)cc1[N+](=O)[O-]. The summed E-state index contributed by atoms with van der Waals surface area (Å²) in [5.41, 5.74) is 2.89. The second-order valence-corrected chi connectivity index (χ2v) is 7.77. The van der Waals surface area contributed by atoms with E-state index < -0.39 is 16.7 Å². The van der Waals surface area contributed by atoms with Crippen molar-refractivity contribution in [3.63, 3.8) is 0 Å². The Labute approximate surface area is 179 Å². The van der Waals surface area contributed by atoms with Crippen LogP contribution in [0.5, 0.6) is 5.75 Å². The number of nitrogens with one attached hydrogen (secondary N) is 1. The van der Waals surface area contributed by atoms with Gasteiger partial charge in [-0.1, -0.05) is 35.5 Å². The quantitative estimate of drug-likeness (QED) is 0.320. The molecule has 0 unspecified atom stereocenters. The number of hydrazine groups is 1. The zero-order chi connectivity index (χ0) is 21.1. The van der Waals surface area contributed by atoms with Crippen molar-refractivity contribution in [3.8, 4) is 5.75 Å². The number of nitro benzene ring substituents is 1. The predicted octanol–water partition coefficient (Wildman–Crippen LogP) is 3.80. The monoisotopic (exact) mass is 449 g/mol. The van der Waals surface area contributed by atoms with Crippen LogP contribution in [0, 0.1) is 10.1 Å². The highest BCUT2D eigenvalue weighted by Crippen LogP contribution is 2.34. The molecule has 1 fully saturated rings. The molecule has 1 aliphatic rings. The first-order valence-corrected chi connectivity index (χ1v) is 9.57. The molecule has 0 atom stereocenters. The molecule has 3 rings (SSSR count). The molecule has 0 aliphatic carbocycles. The zero-order valence-electron chi connectivity index (χ0n) is 14.7. The lowest BCUT2D eigenvalue weighted by atomic mass is 10.1. The summed E-state index contributed by atoms with van der Waals surface area (Å²) < 4.78 is 5.09. The van der Waals surface area contributed by atoms with E-state index in [4.69, 9.17) is 28.6 Å². The molecule has 1 aliphatic heterocycles. The molecule has 8 nitrogen and oxygen atoms in total. The van der Waals surface area contributed by atoms with Gasteiger partial charge < -0.3 is 4.74 Å². The molecule has 0 bridgehead atoms. The van der Waals surface area contributed by atoms with E-state index in [0.29, 0.717) is 10.6 Å². The number of halogens is 1. The van der Waals surface area contributed by atoms with Crippen molar-refractivity contribution in [2.75, 3.05) is 7.11 Å². The lowest BCUT2D eigenvalue weighted by molar-refractivity contribution is -0.385. The molecule has 0 radical (unpaired) electrons. The van der Waals surface area contributed by atoms with Gasteiger partial charge in [0.2, 0.25) is 0 Å². The zero-order valence-corrected chi connectivity index (χ0v) is 17.1. The van der Waals surface area contributed by atoms with Crippen molar-refractivity contribution in [3.05, 3.63) is 73.6 Å². The van der Waals surface area contributed by atoms with Gasteiger partial charge in [-0.2, -0.15) is 5.01 Å². The summed E-state index contributed by atoms with van der Waals surface area (Å²) in [5.74, 6) is -0.993. The molecule has 2 amide bonds. The summed E-state index contributed by atoms with van der Waals surface area (Å²) >= 11 is 12.0. The molecule has 0 saturated carbocycles. The van der Waals surface area contributed by atoms with Gasteiger partial charge >= 0.3 is 5.69 Å². The minimum atomic E-state index is -0.577. The molecule has 11 heteroatoms. The van der Waals surface area contributed by atoms with Gasteiger partial charge in [-0.3, -0.25) is 25.1 Å². The van der Waals surface area contributed by atoms with E-state index >= 15 is 0 Å². The molecule has 0 aromatic heterocycles. The normalized spacial score (nSPS) is 15.0. The number of rotatable bonds is 5. The van der Waals surface area contributed by atoms with Gasteiger partial charge in [0.05, 0.1) is 16.9 Å². The predicted molar refractivity (Wildman–Crippen MR) is 114 cm³/mol. The number of hydrogen-bond donors (Lipinski definition) is 1. The third kappa shape index (κ3) is 4.56. The highest BCUT2D eigenvalue weighted by molar-refractivity contribution is 8.26. The summed E-state index contributed by atoms with van der Waals surface area (Å²) in [5, 5.41) is 12.5. The van der Waals surface area contributed by atoms with Gasteiger partial charge in [0.1, 0.15) is 0 Å². The van der Waals surface area contributed by atoms with Gasteiger partial charge in [0, 0.05) is 16.7 Å². The molecule has 148 valence electrons. The van der Waals surface area contributed by atoms with Crippen LogP contribution in [0.1, 0.15) is 15.9 Å². The Morgan fingerprint density at radius 2 is 2.10 bits per heavy atom. The molecule has 2 aromatic rings. The largest absolute Gasteiger partial charge is 0.490 e. The number of methoxy groups -OCH3 is 1. The van der Waals surface area contributed by atoms with Crippen molar-refractivity contribution in [1.29, 1.82) is 0 Å². The fraction of sp³-hybridized carbons (Fsp3) is 0.0556. The van der Waals surface area contributed by atoms with Crippen molar-refractivity contribution in [1.82, 2.24) is 10.4 Å². The van der Waals surface area contributed by atoms with Crippen LogP contribution in [0.25, 0.3) is 6.08 Å². The average molecular weight is 450 g/mol. The Morgan fingerprint density at radius 3 is 2.76 bits per heavy atom. The van der Waals surface area contributed by atoms with Gasteiger partial charge in [-0.25, -0.2) is 0 Å². The van der Waals surface area contributed by atoms with Gasteiger partial charge in [0.25, 0.3) is 11.8 Å². The van der Waals surface area contributed by atoms with Gasteiger partial charge in [0.15, 0.2) is 10.1 Å². The van der Waals surface area contributed by atoms with Crippen LogP contribution in [0.2, 0.25) is 5.02 Å². The lowest BCUT2D eigenvalue weighted by Gasteiger charge is -2.15. The number of benzene rings is 2. The second kappa shape index (κ2) is 8.60. The van der Waals surface area contributed by atoms with E-state index in [1.165, 1.54) is 31.4 Å². The molecule has 1 N–H and O–H groups in total. The number of hydrogen-bond acceptors (Lipinski definition) is 7. The van der Waals surface area contributed by atoms with E-state index in [-0.39, 0.29) is 26.2 Å². The average Bonchev–Trinajstić information content (AvgIpc) is 2.95. The number of amides is 2. The van der Waals surface area contributed by atoms with Crippen LogP contribution >= 0.6 is 35.6 Å². The van der Waals surface area contributed by atoms with Crippen LogP contribution in [-0.2, 0) is 4.79 Å². The Morgan fingerprint density at radius 1 is 1.34 bits per heavy atom. The van der Waals surface area contributed by atoms with Crippen LogP contribution in [0.4, 0.5) is 5.69 Å².